The van der Waals surface area contributed by atoms with E-state index in [1.54, 1.807) is 12.1 Å². The maximum atomic E-state index is 10.7. The van der Waals surface area contributed by atoms with E-state index in [0.29, 0.717) is 0 Å². The van der Waals surface area contributed by atoms with Gasteiger partial charge in [-0.25, -0.2) is 0 Å². The molecule has 1 aromatic carbocycles. The fraction of sp³-hybridized carbons (Fsp3) is 0.647. The molecule has 3 unspecified atom stereocenters. The van der Waals surface area contributed by atoms with E-state index < -0.39 is 0 Å². The van der Waals surface area contributed by atoms with Gasteiger partial charge in [0.1, 0.15) is 0 Å². The zero-order valence-corrected chi connectivity index (χ0v) is 12.9. The van der Waals surface area contributed by atoms with Crippen molar-refractivity contribution < 1.29 is 4.92 Å². The lowest BCUT2D eigenvalue weighted by Crippen LogP contribution is -2.51. The van der Waals surface area contributed by atoms with Crippen molar-refractivity contribution in [2.75, 3.05) is 31.1 Å². The third-order valence-corrected chi connectivity index (χ3v) is 5.91. The van der Waals surface area contributed by atoms with Gasteiger partial charge in [-0.05, 0) is 43.2 Å². The summed E-state index contributed by atoms with van der Waals surface area (Å²) in [6.07, 6.45) is 5.79. The zero-order chi connectivity index (χ0) is 15.1. The molecule has 0 amide bonds. The van der Waals surface area contributed by atoms with E-state index in [0.717, 1.165) is 49.7 Å². The van der Waals surface area contributed by atoms with Crippen LogP contribution < -0.4 is 4.90 Å². The molecule has 0 radical (unpaired) electrons. The second kappa shape index (κ2) is 5.54. The minimum absolute atomic E-state index is 0.171. The van der Waals surface area contributed by atoms with Crippen LogP contribution in [0.3, 0.4) is 0 Å². The number of nitro groups is 1. The molecule has 0 aromatic heterocycles. The molecule has 2 bridgehead atoms. The summed E-state index contributed by atoms with van der Waals surface area (Å²) in [5.41, 5.74) is 1.28. The number of nitro benzene ring substituents is 1. The van der Waals surface area contributed by atoms with Crippen LogP contribution in [-0.4, -0.2) is 42.0 Å². The van der Waals surface area contributed by atoms with Gasteiger partial charge in [-0.15, -0.1) is 0 Å². The molecule has 1 heterocycles. The molecule has 22 heavy (non-hydrogen) atoms. The molecule has 3 aliphatic rings. The van der Waals surface area contributed by atoms with Crippen molar-refractivity contribution in [3.63, 3.8) is 0 Å². The summed E-state index contributed by atoms with van der Waals surface area (Å²) in [6, 6.07) is 7.81. The normalized spacial score (nSPS) is 31.6. The predicted octanol–water partition coefficient (Wildman–Crippen LogP) is 2.91. The minimum Gasteiger partial charge on any atom is -0.369 e. The molecule has 1 aromatic rings. The topological polar surface area (TPSA) is 49.6 Å². The highest BCUT2D eigenvalue weighted by Gasteiger charge is 2.42. The van der Waals surface area contributed by atoms with E-state index in [-0.39, 0.29) is 10.6 Å². The van der Waals surface area contributed by atoms with E-state index in [1.165, 1.54) is 25.7 Å². The summed E-state index contributed by atoms with van der Waals surface area (Å²) >= 11 is 0. The highest BCUT2D eigenvalue weighted by molar-refractivity contribution is 5.51. The lowest BCUT2D eigenvalue weighted by molar-refractivity contribution is -0.384. The molecule has 3 atom stereocenters. The first-order valence-corrected chi connectivity index (χ1v) is 8.44. The molecule has 3 fully saturated rings. The average molecular weight is 301 g/mol. The Labute approximate surface area is 131 Å². The van der Waals surface area contributed by atoms with Gasteiger partial charge >= 0.3 is 0 Å². The number of rotatable bonds is 3. The molecular weight excluding hydrogens is 278 g/mol. The van der Waals surface area contributed by atoms with Crippen LogP contribution in [0.15, 0.2) is 24.3 Å². The van der Waals surface area contributed by atoms with Crippen LogP contribution >= 0.6 is 0 Å². The predicted molar refractivity (Wildman–Crippen MR) is 86.1 cm³/mol. The van der Waals surface area contributed by atoms with Gasteiger partial charge in [0.2, 0.25) is 0 Å². The maximum absolute atomic E-state index is 10.7. The number of non-ortho nitro benzene ring substituents is 1. The summed E-state index contributed by atoms with van der Waals surface area (Å²) in [6.45, 7) is 4.33. The first kappa shape index (κ1) is 14.0. The Kier molecular flexibility index (Phi) is 3.53. The molecular formula is C17H23N3O2. The van der Waals surface area contributed by atoms with Crippen molar-refractivity contribution in [2.24, 2.45) is 11.8 Å². The van der Waals surface area contributed by atoms with E-state index >= 15 is 0 Å². The van der Waals surface area contributed by atoms with Crippen LogP contribution in [0.5, 0.6) is 0 Å². The number of benzene rings is 1. The molecule has 0 spiro atoms. The van der Waals surface area contributed by atoms with Gasteiger partial charge in [0.05, 0.1) is 4.92 Å². The van der Waals surface area contributed by atoms with Crippen LogP contribution in [0, 0.1) is 22.0 Å². The van der Waals surface area contributed by atoms with Crippen molar-refractivity contribution in [1.82, 2.24) is 4.90 Å². The second-order valence-corrected chi connectivity index (χ2v) is 7.04. The average Bonchev–Trinajstić information content (AvgIpc) is 3.18. The summed E-state index contributed by atoms with van der Waals surface area (Å²) in [5, 5.41) is 10.7. The molecule has 2 saturated carbocycles. The van der Waals surface area contributed by atoms with Gasteiger partial charge in [0.25, 0.3) is 5.69 Å². The molecule has 1 saturated heterocycles. The highest BCUT2D eigenvalue weighted by Crippen LogP contribution is 2.46. The number of anilines is 1. The number of fused-ring (bicyclic) bond motifs is 2. The van der Waals surface area contributed by atoms with Crippen molar-refractivity contribution >= 4 is 11.4 Å². The van der Waals surface area contributed by atoms with Gasteiger partial charge < -0.3 is 4.90 Å². The highest BCUT2D eigenvalue weighted by atomic mass is 16.6. The summed E-state index contributed by atoms with van der Waals surface area (Å²) in [5.74, 6) is 1.96. The lowest BCUT2D eigenvalue weighted by atomic mass is 9.93. The van der Waals surface area contributed by atoms with E-state index in [1.807, 2.05) is 12.1 Å². The van der Waals surface area contributed by atoms with Crippen LogP contribution in [0.25, 0.3) is 0 Å². The van der Waals surface area contributed by atoms with E-state index in [4.69, 9.17) is 0 Å². The standard InChI is InChI=1S/C17H23N3O2/c21-20(22)16-5-3-15(4-6-16)18-7-9-19(10-8-18)17-12-13-1-2-14(17)11-13/h3-6,13-14,17H,1-2,7-12H2. The van der Waals surface area contributed by atoms with Crippen molar-refractivity contribution in [1.29, 1.82) is 0 Å². The molecule has 118 valence electrons. The largest absolute Gasteiger partial charge is 0.369 e. The van der Waals surface area contributed by atoms with Crippen LogP contribution in [0.1, 0.15) is 25.7 Å². The molecule has 0 N–H and O–H groups in total. The van der Waals surface area contributed by atoms with Crippen LogP contribution in [-0.2, 0) is 0 Å². The first-order chi connectivity index (χ1) is 10.7. The van der Waals surface area contributed by atoms with Crippen molar-refractivity contribution in [3.8, 4) is 0 Å². The Morgan fingerprint density at radius 2 is 1.73 bits per heavy atom. The second-order valence-electron chi connectivity index (χ2n) is 7.04. The molecule has 1 aliphatic heterocycles. The van der Waals surface area contributed by atoms with Crippen molar-refractivity contribution in [3.05, 3.63) is 34.4 Å². The molecule has 2 aliphatic carbocycles. The van der Waals surface area contributed by atoms with Gasteiger partial charge in [-0.1, -0.05) is 6.42 Å². The number of piperazine rings is 1. The van der Waals surface area contributed by atoms with Crippen molar-refractivity contribution in [2.45, 2.75) is 31.7 Å². The Morgan fingerprint density at radius 1 is 1.00 bits per heavy atom. The fourth-order valence-corrected chi connectivity index (χ4v) is 4.76. The summed E-state index contributed by atoms with van der Waals surface area (Å²) in [4.78, 5) is 15.4. The minimum atomic E-state index is -0.336. The first-order valence-electron chi connectivity index (χ1n) is 8.44. The molecule has 4 rings (SSSR count). The smallest absolute Gasteiger partial charge is 0.269 e. The third kappa shape index (κ3) is 2.47. The van der Waals surface area contributed by atoms with Gasteiger partial charge in [-0.3, -0.25) is 15.0 Å². The SMILES string of the molecule is O=[N+]([O-])c1ccc(N2CCN(C3CC4CCC3C4)CC2)cc1. The summed E-state index contributed by atoms with van der Waals surface area (Å²) in [7, 11) is 0. The monoisotopic (exact) mass is 301 g/mol. The Bertz CT molecular complexity index is 552. The Hall–Kier alpha value is -1.62. The lowest BCUT2D eigenvalue weighted by Gasteiger charge is -2.41. The van der Waals surface area contributed by atoms with E-state index in [9.17, 15) is 10.1 Å². The summed E-state index contributed by atoms with van der Waals surface area (Å²) < 4.78 is 0. The third-order valence-electron chi connectivity index (χ3n) is 5.91. The number of hydrogen-bond acceptors (Lipinski definition) is 4. The Balaban J connectivity index is 1.36. The molecule has 5 heteroatoms. The number of nitrogens with zero attached hydrogens (tertiary/aromatic N) is 3. The van der Waals surface area contributed by atoms with Gasteiger partial charge in [-0.2, -0.15) is 0 Å². The fourth-order valence-electron chi connectivity index (χ4n) is 4.76. The van der Waals surface area contributed by atoms with Gasteiger partial charge in [0, 0.05) is 50.0 Å². The van der Waals surface area contributed by atoms with E-state index in [2.05, 4.69) is 9.80 Å². The van der Waals surface area contributed by atoms with Crippen LogP contribution in [0.4, 0.5) is 11.4 Å². The van der Waals surface area contributed by atoms with Gasteiger partial charge in [0.15, 0.2) is 0 Å². The maximum Gasteiger partial charge on any atom is 0.269 e. The van der Waals surface area contributed by atoms with Crippen LogP contribution in [0.2, 0.25) is 0 Å². The Morgan fingerprint density at radius 3 is 2.27 bits per heavy atom. The zero-order valence-electron chi connectivity index (χ0n) is 12.9. The number of hydrogen-bond donors (Lipinski definition) is 0. The quantitative estimate of drug-likeness (QED) is 0.636. The molecule has 5 nitrogen and oxygen atoms in total.